The first-order valence-electron chi connectivity index (χ1n) is 9.63. The molecule has 0 aromatic carbocycles. The summed E-state index contributed by atoms with van der Waals surface area (Å²) in [7, 11) is 1.54. The number of nitrogens with one attached hydrogen (secondary N) is 1. The summed E-state index contributed by atoms with van der Waals surface area (Å²) < 4.78 is 5.10. The molecule has 148 valence electrons. The fourth-order valence-electron chi connectivity index (χ4n) is 4.46. The lowest BCUT2D eigenvalue weighted by molar-refractivity contribution is -0.147. The van der Waals surface area contributed by atoms with Gasteiger partial charge < -0.3 is 19.5 Å². The third-order valence-corrected chi connectivity index (χ3v) is 5.88. The summed E-state index contributed by atoms with van der Waals surface area (Å²) in [6.07, 6.45) is 7.61. The SMILES string of the molecule is COCC(=O)N1CCc2[nH]cnc2C12CCN(C(=O)Cc1ccncc1)CC2. The standard InChI is InChI=1S/C20H25N5O3/c1-28-13-18(27)25-9-4-16-19(23-14-22-16)20(25)5-10-24(11-6-20)17(26)12-15-2-7-21-8-3-15/h2-3,7-8,14H,4-6,9-13H2,1H3,(H,22,23). The molecule has 28 heavy (non-hydrogen) atoms. The molecule has 1 fully saturated rings. The Morgan fingerprint density at radius 2 is 1.93 bits per heavy atom. The van der Waals surface area contributed by atoms with Gasteiger partial charge in [0.25, 0.3) is 0 Å². The zero-order valence-corrected chi connectivity index (χ0v) is 16.1. The van der Waals surface area contributed by atoms with Gasteiger partial charge in [0.2, 0.25) is 11.8 Å². The van der Waals surface area contributed by atoms with E-state index >= 15 is 0 Å². The molecule has 2 aromatic rings. The zero-order valence-electron chi connectivity index (χ0n) is 16.1. The molecule has 1 spiro atoms. The summed E-state index contributed by atoms with van der Waals surface area (Å²) in [4.78, 5) is 41.1. The predicted molar refractivity (Wildman–Crippen MR) is 101 cm³/mol. The molecule has 1 saturated heterocycles. The minimum atomic E-state index is -0.462. The molecule has 2 amide bonds. The van der Waals surface area contributed by atoms with Gasteiger partial charge in [-0.25, -0.2) is 4.98 Å². The van der Waals surface area contributed by atoms with Gasteiger partial charge in [0.05, 0.1) is 24.0 Å². The van der Waals surface area contributed by atoms with Crippen molar-refractivity contribution in [3.05, 3.63) is 47.8 Å². The number of amides is 2. The number of rotatable bonds is 4. The molecule has 0 unspecified atom stereocenters. The Morgan fingerprint density at radius 3 is 2.64 bits per heavy atom. The highest BCUT2D eigenvalue weighted by molar-refractivity contribution is 5.80. The monoisotopic (exact) mass is 383 g/mol. The van der Waals surface area contributed by atoms with Crippen LogP contribution in [0.2, 0.25) is 0 Å². The number of fused-ring (bicyclic) bond motifs is 2. The zero-order chi connectivity index (χ0) is 19.6. The number of aromatic amines is 1. The molecule has 2 aliphatic heterocycles. The summed E-state index contributed by atoms with van der Waals surface area (Å²) >= 11 is 0. The van der Waals surface area contributed by atoms with E-state index in [0.29, 0.717) is 38.9 Å². The van der Waals surface area contributed by atoms with Crippen LogP contribution in [0.4, 0.5) is 0 Å². The third kappa shape index (κ3) is 3.28. The molecule has 4 rings (SSSR count). The number of carbonyl (C=O) groups is 2. The Hall–Kier alpha value is -2.74. The topological polar surface area (TPSA) is 91.4 Å². The molecule has 4 heterocycles. The number of ether oxygens (including phenoxy) is 1. The van der Waals surface area contributed by atoms with E-state index in [4.69, 9.17) is 4.74 Å². The van der Waals surface area contributed by atoms with Crippen molar-refractivity contribution in [3.8, 4) is 0 Å². The molecule has 8 heteroatoms. The van der Waals surface area contributed by atoms with Crippen LogP contribution < -0.4 is 0 Å². The van der Waals surface area contributed by atoms with Crippen LogP contribution in [-0.4, -0.2) is 69.9 Å². The fourth-order valence-corrected chi connectivity index (χ4v) is 4.46. The molecule has 2 aliphatic rings. The van der Waals surface area contributed by atoms with E-state index in [0.717, 1.165) is 23.4 Å². The largest absolute Gasteiger partial charge is 0.375 e. The Morgan fingerprint density at radius 1 is 1.18 bits per heavy atom. The van der Waals surface area contributed by atoms with Crippen molar-refractivity contribution in [1.82, 2.24) is 24.8 Å². The molecular formula is C20H25N5O3. The highest BCUT2D eigenvalue weighted by atomic mass is 16.5. The van der Waals surface area contributed by atoms with E-state index in [1.165, 1.54) is 7.11 Å². The van der Waals surface area contributed by atoms with E-state index in [-0.39, 0.29) is 18.4 Å². The van der Waals surface area contributed by atoms with Crippen LogP contribution in [0.15, 0.2) is 30.9 Å². The maximum Gasteiger partial charge on any atom is 0.249 e. The van der Waals surface area contributed by atoms with Gasteiger partial charge in [-0.3, -0.25) is 14.6 Å². The van der Waals surface area contributed by atoms with Gasteiger partial charge in [0.15, 0.2) is 0 Å². The Bertz CT molecular complexity index is 843. The van der Waals surface area contributed by atoms with Crippen molar-refractivity contribution in [2.75, 3.05) is 33.4 Å². The minimum absolute atomic E-state index is 0.0206. The van der Waals surface area contributed by atoms with Gasteiger partial charge in [0.1, 0.15) is 6.61 Å². The molecule has 1 N–H and O–H groups in total. The average molecular weight is 383 g/mol. The summed E-state index contributed by atoms with van der Waals surface area (Å²) in [5.74, 6) is 0.0848. The van der Waals surface area contributed by atoms with Crippen LogP contribution in [0.1, 0.15) is 29.8 Å². The Balaban J connectivity index is 1.52. The summed E-state index contributed by atoms with van der Waals surface area (Å²) in [6.45, 7) is 1.91. The maximum atomic E-state index is 12.7. The quantitative estimate of drug-likeness (QED) is 0.847. The van der Waals surface area contributed by atoms with E-state index in [1.54, 1.807) is 18.7 Å². The third-order valence-electron chi connectivity index (χ3n) is 5.88. The molecule has 0 saturated carbocycles. The van der Waals surface area contributed by atoms with Gasteiger partial charge >= 0.3 is 0 Å². The van der Waals surface area contributed by atoms with Crippen LogP contribution in [0, 0.1) is 0 Å². The smallest absolute Gasteiger partial charge is 0.249 e. The number of aromatic nitrogens is 3. The normalized spacial score (nSPS) is 18.2. The second kappa shape index (κ2) is 7.71. The van der Waals surface area contributed by atoms with Gasteiger partial charge in [-0.1, -0.05) is 0 Å². The highest BCUT2D eigenvalue weighted by Crippen LogP contribution is 2.42. The number of methoxy groups -OCH3 is 1. The van der Waals surface area contributed by atoms with E-state index in [1.807, 2.05) is 21.9 Å². The number of imidazole rings is 1. The highest BCUT2D eigenvalue weighted by Gasteiger charge is 2.48. The first kappa shape index (κ1) is 18.6. The summed E-state index contributed by atoms with van der Waals surface area (Å²) in [5.41, 5.74) is 2.54. The lowest BCUT2D eigenvalue weighted by Gasteiger charge is -2.50. The van der Waals surface area contributed by atoms with Gasteiger partial charge in [0, 0.05) is 51.3 Å². The Labute approximate surface area is 163 Å². The first-order valence-corrected chi connectivity index (χ1v) is 9.63. The van der Waals surface area contributed by atoms with E-state index < -0.39 is 5.54 Å². The van der Waals surface area contributed by atoms with Crippen molar-refractivity contribution in [3.63, 3.8) is 0 Å². The lowest BCUT2D eigenvalue weighted by Crippen LogP contribution is -2.59. The number of nitrogens with zero attached hydrogens (tertiary/aromatic N) is 4. The molecule has 0 aliphatic carbocycles. The number of carbonyl (C=O) groups excluding carboxylic acids is 2. The molecule has 0 radical (unpaired) electrons. The van der Waals surface area contributed by atoms with Crippen molar-refractivity contribution < 1.29 is 14.3 Å². The molecule has 0 atom stereocenters. The minimum Gasteiger partial charge on any atom is -0.375 e. The van der Waals surface area contributed by atoms with Gasteiger partial charge in [-0.15, -0.1) is 0 Å². The van der Waals surface area contributed by atoms with Gasteiger partial charge in [-0.2, -0.15) is 0 Å². The van der Waals surface area contributed by atoms with Crippen molar-refractivity contribution in [2.24, 2.45) is 0 Å². The summed E-state index contributed by atoms with van der Waals surface area (Å²) in [6, 6.07) is 3.73. The first-order chi connectivity index (χ1) is 13.6. The number of likely N-dealkylation sites (tertiary alicyclic amines) is 1. The number of pyridine rings is 1. The summed E-state index contributed by atoms with van der Waals surface area (Å²) in [5, 5.41) is 0. The lowest BCUT2D eigenvalue weighted by atomic mass is 9.78. The number of hydrogen-bond donors (Lipinski definition) is 1. The second-order valence-corrected chi connectivity index (χ2v) is 7.40. The van der Waals surface area contributed by atoms with Crippen LogP contribution in [-0.2, 0) is 32.7 Å². The Kier molecular flexibility index (Phi) is 5.13. The number of H-pyrrole nitrogens is 1. The van der Waals surface area contributed by atoms with E-state index in [2.05, 4.69) is 15.0 Å². The molecular weight excluding hydrogens is 358 g/mol. The predicted octanol–water partition coefficient (Wildman–Crippen LogP) is 0.896. The van der Waals surface area contributed by atoms with Crippen LogP contribution in [0.25, 0.3) is 0 Å². The second-order valence-electron chi connectivity index (χ2n) is 7.40. The van der Waals surface area contributed by atoms with Gasteiger partial charge in [-0.05, 0) is 30.5 Å². The number of hydrogen-bond acceptors (Lipinski definition) is 5. The van der Waals surface area contributed by atoms with Crippen LogP contribution >= 0.6 is 0 Å². The van der Waals surface area contributed by atoms with Crippen LogP contribution in [0.5, 0.6) is 0 Å². The van der Waals surface area contributed by atoms with Crippen LogP contribution in [0.3, 0.4) is 0 Å². The molecule has 8 nitrogen and oxygen atoms in total. The molecule has 0 bridgehead atoms. The van der Waals surface area contributed by atoms with Crippen molar-refractivity contribution >= 4 is 11.8 Å². The maximum absolute atomic E-state index is 12.7. The average Bonchev–Trinajstić information content (AvgIpc) is 3.20. The molecule has 2 aromatic heterocycles. The fraction of sp³-hybridized carbons (Fsp3) is 0.500. The van der Waals surface area contributed by atoms with Crippen molar-refractivity contribution in [2.45, 2.75) is 31.2 Å². The number of piperidine rings is 1. The van der Waals surface area contributed by atoms with E-state index in [9.17, 15) is 9.59 Å². The van der Waals surface area contributed by atoms with Crippen molar-refractivity contribution in [1.29, 1.82) is 0 Å².